The molecule has 0 atom stereocenters. The van der Waals surface area contributed by atoms with Crippen molar-refractivity contribution in [2.24, 2.45) is 17.3 Å². The Morgan fingerprint density at radius 2 is 1.19 bits per heavy atom. The van der Waals surface area contributed by atoms with Gasteiger partial charge in [-0.25, -0.2) is 0 Å². The van der Waals surface area contributed by atoms with E-state index in [1.54, 1.807) is 18.2 Å². The quantitative estimate of drug-likeness (QED) is 0.477. The molecule has 3 N–H and O–H groups in total. The van der Waals surface area contributed by atoms with Crippen molar-refractivity contribution in [1.29, 1.82) is 0 Å². The first-order valence-corrected chi connectivity index (χ1v) is 11.7. The van der Waals surface area contributed by atoms with Gasteiger partial charge >= 0.3 is 0 Å². The van der Waals surface area contributed by atoms with E-state index in [0.717, 1.165) is 38.5 Å². The third-order valence-corrected chi connectivity index (χ3v) is 6.04. The summed E-state index contributed by atoms with van der Waals surface area (Å²) < 4.78 is 0. The molecule has 0 radical (unpaired) electrons. The van der Waals surface area contributed by atoms with Gasteiger partial charge in [-0.1, -0.05) is 34.6 Å². The van der Waals surface area contributed by atoms with E-state index in [-0.39, 0.29) is 29.1 Å². The van der Waals surface area contributed by atoms with Gasteiger partial charge in [0.15, 0.2) is 0 Å². The van der Waals surface area contributed by atoms with Gasteiger partial charge in [-0.15, -0.1) is 0 Å². The van der Waals surface area contributed by atoms with Gasteiger partial charge in [0.2, 0.25) is 17.7 Å². The van der Waals surface area contributed by atoms with Crippen molar-refractivity contribution in [1.82, 2.24) is 0 Å². The molecule has 172 valence electrons. The predicted molar refractivity (Wildman–Crippen MR) is 127 cm³/mol. The molecule has 0 saturated heterocycles. The number of benzene rings is 1. The summed E-state index contributed by atoms with van der Waals surface area (Å²) in [6.07, 6.45) is 6.25. The molecule has 1 aliphatic rings. The van der Waals surface area contributed by atoms with Crippen LogP contribution in [0.2, 0.25) is 0 Å². The molecule has 1 aromatic carbocycles. The minimum absolute atomic E-state index is 0.00456. The fourth-order valence-electron chi connectivity index (χ4n) is 4.21. The Morgan fingerprint density at radius 3 is 1.58 bits per heavy atom. The number of carbonyl (C=O) groups excluding carboxylic acids is 3. The predicted octanol–water partition coefficient (Wildman–Crippen LogP) is 5.95. The molecule has 0 heterocycles. The molecule has 6 heteroatoms. The van der Waals surface area contributed by atoms with Crippen LogP contribution in [0.4, 0.5) is 17.1 Å². The fourth-order valence-corrected chi connectivity index (χ4v) is 4.21. The van der Waals surface area contributed by atoms with Crippen molar-refractivity contribution >= 4 is 34.8 Å². The van der Waals surface area contributed by atoms with E-state index >= 15 is 0 Å². The van der Waals surface area contributed by atoms with E-state index in [0.29, 0.717) is 35.8 Å². The normalized spacial score (nSPS) is 18.9. The lowest BCUT2D eigenvalue weighted by molar-refractivity contribution is -0.121. The van der Waals surface area contributed by atoms with E-state index in [2.05, 4.69) is 36.7 Å². The molecule has 6 nitrogen and oxygen atoms in total. The second-order valence-corrected chi connectivity index (χ2v) is 9.80. The van der Waals surface area contributed by atoms with Gasteiger partial charge in [0, 0.05) is 35.8 Å². The lowest BCUT2D eigenvalue weighted by Gasteiger charge is -2.36. The molecule has 0 aliphatic heterocycles. The van der Waals surface area contributed by atoms with Crippen LogP contribution in [0.15, 0.2) is 18.2 Å². The average Bonchev–Trinajstić information content (AvgIpc) is 2.67. The van der Waals surface area contributed by atoms with E-state index < -0.39 is 0 Å². The molecular weight excluding hydrogens is 390 g/mol. The SMILES string of the molecule is CCCC(=O)Nc1cc(NC(=O)CCC)cc(NC(=O)C2CCC(C(C)(C)C)CC2)c1. The Hall–Kier alpha value is -2.37. The summed E-state index contributed by atoms with van der Waals surface area (Å²) in [5, 5.41) is 8.74. The van der Waals surface area contributed by atoms with Crippen molar-refractivity contribution in [3.63, 3.8) is 0 Å². The van der Waals surface area contributed by atoms with Crippen molar-refractivity contribution in [2.75, 3.05) is 16.0 Å². The van der Waals surface area contributed by atoms with Crippen LogP contribution in [-0.4, -0.2) is 17.7 Å². The molecule has 0 spiro atoms. The Balaban J connectivity index is 2.11. The number of anilines is 3. The van der Waals surface area contributed by atoms with Crippen LogP contribution in [0.5, 0.6) is 0 Å². The first-order valence-electron chi connectivity index (χ1n) is 11.7. The van der Waals surface area contributed by atoms with Gasteiger partial charge in [-0.3, -0.25) is 14.4 Å². The van der Waals surface area contributed by atoms with Gasteiger partial charge < -0.3 is 16.0 Å². The topological polar surface area (TPSA) is 87.3 Å². The van der Waals surface area contributed by atoms with Crippen LogP contribution in [0.1, 0.15) is 86.0 Å². The van der Waals surface area contributed by atoms with Gasteiger partial charge in [0.05, 0.1) is 0 Å². The number of carbonyl (C=O) groups is 3. The first-order chi connectivity index (χ1) is 14.6. The summed E-state index contributed by atoms with van der Waals surface area (Å²) in [6.45, 7) is 10.7. The van der Waals surface area contributed by atoms with E-state index in [1.807, 2.05) is 13.8 Å². The maximum Gasteiger partial charge on any atom is 0.227 e. The minimum atomic E-state index is -0.0858. The van der Waals surface area contributed by atoms with Crippen LogP contribution in [0.3, 0.4) is 0 Å². The smallest absolute Gasteiger partial charge is 0.227 e. The molecule has 1 saturated carbocycles. The lowest BCUT2D eigenvalue weighted by atomic mass is 9.69. The highest BCUT2D eigenvalue weighted by Crippen LogP contribution is 2.40. The third kappa shape index (κ3) is 8.00. The van der Waals surface area contributed by atoms with Crippen LogP contribution < -0.4 is 16.0 Å². The maximum atomic E-state index is 12.9. The summed E-state index contributed by atoms with van der Waals surface area (Å²) in [7, 11) is 0. The standard InChI is InChI=1S/C25H39N3O3/c1-6-8-22(29)26-19-14-20(27-23(30)9-7-2)16-21(15-19)28-24(31)17-10-12-18(13-11-17)25(3,4)5/h14-18H,6-13H2,1-5H3,(H,26,29)(H,27,30)(H,28,31). The second kappa shape index (κ2) is 11.3. The number of hydrogen-bond donors (Lipinski definition) is 3. The largest absolute Gasteiger partial charge is 0.326 e. The molecule has 3 amide bonds. The number of rotatable bonds is 8. The Labute approximate surface area is 186 Å². The molecule has 31 heavy (non-hydrogen) atoms. The van der Waals surface area contributed by atoms with E-state index in [9.17, 15) is 14.4 Å². The third-order valence-electron chi connectivity index (χ3n) is 6.04. The Morgan fingerprint density at radius 1 is 0.774 bits per heavy atom. The van der Waals surface area contributed by atoms with E-state index in [4.69, 9.17) is 0 Å². The second-order valence-electron chi connectivity index (χ2n) is 9.80. The molecular formula is C25H39N3O3. The van der Waals surface area contributed by atoms with E-state index in [1.165, 1.54) is 0 Å². The number of nitrogens with one attached hydrogen (secondary N) is 3. The van der Waals surface area contributed by atoms with Crippen molar-refractivity contribution in [2.45, 2.75) is 86.0 Å². The Kier molecular flexibility index (Phi) is 9.08. The van der Waals surface area contributed by atoms with Crippen molar-refractivity contribution in [3.05, 3.63) is 18.2 Å². The zero-order chi connectivity index (χ0) is 23.0. The molecule has 1 aliphatic carbocycles. The molecule has 1 aromatic rings. The van der Waals surface area contributed by atoms with Gasteiger partial charge in [0.1, 0.15) is 0 Å². The maximum absolute atomic E-state index is 12.9. The highest BCUT2D eigenvalue weighted by atomic mass is 16.2. The zero-order valence-electron chi connectivity index (χ0n) is 19.8. The number of amides is 3. The fraction of sp³-hybridized carbons (Fsp3) is 0.640. The summed E-state index contributed by atoms with van der Waals surface area (Å²) in [4.78, 5) is 37.0. The van der Waals surface area contributed by atoms with Gasteiger partial charge in [-0.05, 0) is 68.1 Å². The summed E-state index contributed by atoms with van der Waals surface area (Å²) in [5.74, 6) is 0.481. The van der Waals surface area contributed by atoms with Gasteiger partial charge in [-0.2, -0.15) is 0 Å². The zero-order valence-corrected chi connectivity index (χ0v) is 19.8. The molecule has 0 aromatic heterocycles. The lowest BCUT2D eigenvalue weighted by Crippen LogP contribution is -2.31. The molecule has 0 bridgehead atoms. The summed E-state index contributed by atoms with van der Waals surface area (Å²) >= 11 is 0. The molecule has 2 rings (SSSR count). The average molecular weight is 430 g/mol. The summed E-state index contributed by atoms with van der Waals surface area (Å²) in [6, 6.07) is 5.23. The molecule has 0 unspecified atom stereocenters. The Bertz CT molecular complexity index is 736. The minimum Gasteiger partial charge on any atom is -0.326 e. The summed E-state index contributed by atoms with van der Waals surface area (Å²) in [5.41, 5.74) is 2.00. The number of hydrogen-bond acceptors (Lipinski definition) is 3. The van der Waals surface area contributed by atoms with Crippen molar-refractivity contribution in [3.8, 4) is 0 Å². The highest BCUT2D eigenvalue weighted by Gasteiger charge is 2.32. The highest BCUT2D eigenvalue weighted by molar-refractivity contribution is 5.98. The van der Waals surface area contributed by atoms with Crippen LogP contribution >= 0.6 is 0 Å². The first kappa shape index (κ1) is 24.9. The van der Waals surface area contributed by atoms with Crippen molar-refractivity contribution < 1.29 is 14.4 Å². The van der Waals surface area contributed by atoms with Crippen LogP contribution in [0.25, 0.3) is 0 Å². The monoisotopic (exact) mass is 429 g/mol. The molecule has 1 fully saturated rings. The van der Waals surface area contributed by atoms with Gasteiger partial charge in [0.25, 0.3) is 0 Å². The van der Waals surface area contributed by atoms with Crippen LogP contribution in [0, 0.1) is 17.3 Å². The van der Waals surface area contributed by atoms with Crippen LogP contribution in [-0.2, 0) is 14.4 Å².